The van der Waals surface area contributed by atoms with Crippen molar-refractivity contribution >= 4 is 29.2 Å². The number of aromatic nitrogens is 1. The molecule has 4 amide bonds. The van der Waals surface area contributed by atoms with Crippen molar-refractivity contribution in [2.75, 3.05) is 21.1 Å². The van der Waals surface area contributed by atoms with Crippen molar-refractivity contribution < 1.29 is 14.4 Å². The summed E-state index contributed by atoms with van der Waals surface area (Å²) < 4.78 is 0. The zero-order valence-corrected chi connectivity index (χ0v) is 15.7. The van der Waals surface area contributed by atoms with Gasteiger partial charge in [-0.3, -0.25) is 14.5 Å². The van der Waals surface area contributed by atoms with Gasteiger partial charge in [-0.05, 0) is 0 Å². The van der Waals surface area contributed by atoms with E-state index in [0.717, 1.165) is 21.2 Å². The van der Waals surface area contributed by atoms with E-state index in [-0.39, 0.29) is 24.3 Å². The lowest BCUT2D eigenvalue weighted by Crippen LogP contribution is -2.38. The van der Waals surface area contributed by atoms with Crippen LogP contribution in [0.25, 0.3) is 10.6 Å². The molecule has 0 bridgehead atoms. The molecule has 3 rings (SSSR count). The number of hydrogen-bond acceptors (Lipinski definition) is 5. The summed E-state index contributed by atoms with van der Waals surface area (Å²) in [5.41, 5.74) is 1.83. The van der Waals surface area contributed by atoms with Crippen LogP contribution >= 0.6 is 11.3 Å². The van der Waals surface area contributed by atoms with E-state index in [1.165, 1.54) is 35.2 Å². The molecule has 7 nitrogen and oxygen atoms in total. The number of thiazole rings is 1. The van der Waals surface area contributed by atoms with E-state index in [9.17, 15) is 14.4 Å². The second-order valence-electron chi connectivity index (χ2n) is 6.27. The molecule has 1 aliphatic heterocycles. The topological polar surface area (TPSA) is 73.8 Å². The number of urea groups is 1. The standard InChI is InChI=1S/C18H20N4O3S/c1-20(15(23)9-14-17(24)22(3)18(25)21(14)2)10-13-11-26-16(19-13)12-7-5-4-6-8-12/h4-8,11,14H,9-10H2,1-3H3. The monoisotopic (exact) mass is 372 g/mol. The summed E-state index contributed by atoms with van der Waals surface area (Å²) in [5.74, 6) is -0.549. The maximum atomic E-state index is 12.5. The predicted octanol–water partition coefficient (Wildman–Crippen LogP) is 2.05. The summed E-state index contributed by atoms with van der Waals surface area (Å²) in [6.45, 7) is 0.358. The van der Waals surface area contributed by atoms with Crippen molar-refractivity contribution in [3.63, 3.8) is 0 Å². The maximum Gasteiger partial charge on any atom is 0.326 e. The van der Waals surface area contributed by atoms with Crippen LogP contribution in [0.5, 0.6) is 0 Å². The molecule has 1 aromatic carbocycles. The molecule has 136 valence electrons. The molecule has 0 N–H and O–H groups in total. The fourth-order valence-corrected chi connectivity index (χ4v) is 3.64. The molecule has 0 aliphatic carbocycles. The van der Waals surface area contributed by atoms with Gasteiger partial charge in [0.1, 0.15) is 11.0 Å². The van der Waals surface area contributed by atoms with Gasteiger partial charge in [-0.1, -0.05) is 30.3 Å². The van der Waals surface area contributed by atoms with Gasteiger partial charge in [-0.2, -0.15) is 0 Å². The molecule has 1 aromatic heterocycles. The normalized spacial score (nSPS) is 17.1. The van der Waals surface area contributed by atoms with E-state index in [1.807, 2.05) is 35.7 Å². The lowest BCUT2D eigenvalue weighted by molar-refractivity contribution is -0.135. The van der Waals surface area contributed by atoms with Gasteiger partial charge in [-0.25, -0.2) is 9.78 Å². The number of carbonyl (C=O) groups excluding carboxylic acids is 3. The average molecular weight is 372 g/mol. The first-order chi connectivity index (χ1) is 12.4. The van der Waals surface area contributed by atoms with Gasteiger partial charge in [0.25, 0.3) is 5.91 Å². The highest BCUT2D eigenvalue weighted by atomic mass is 32.1. The molecule has 26 heavy (non-hydrogen) atoms. The Labute approximate surface area is 155 Å². The Hall–Kier alpha value is -2.74. The molecule has 0 spiro atoms. The average Bonchev–Trinajstić information content (AvgIpc) is 3.18. The van der Waals surface area contributed by atoms with E-state index in [0.29, 0.717) is 6.54 Å². The Balaban J connectivity index is 1.62. The minimum Gasteiger partial charge on any atom is -0.340 e. The Bertz CT molecular complexity index is 836. The molecule has 1 atom stereocenters. The van der Waals surface area contributed by atoms with Crippen molar-refractivity contribution in [3.05, 3.63) is 41.4 Å². The molecule has 2 heterocycles. The minimum atomic E-state index is -0.738. The van der Waals surface area contributed by atoms with Crippen LogP contribution in [0.4, 0.5) is 4.79 Å². The van der Waals surface area contributed by atoms with Crippen LogP contribution in [-0.4, -0.2) is 64.7 Å². The Morgan fingerprint density at radius 3 is 2.54 bits per heavy atom. The third-order valence-electron chi connectivity index (χ3n) is 4.44. The predicted molar refractivity (Wildman–Crippen MR) is 98.4 cm³/mol. The second-order valence-corrected chi connectivity index (χ2v) is 7.13. The largest absolute Gasteiger partial charge is 0.340 e. The Morgan fingerprint density at radius 1 is 1.23 bits per heavy atom. The van der Waals surface area contributed by atoms with E-state index < -0.39 is 6.04 Å². The van der Waals surface area contributed by atoms with Crippen molar-refractivity contribution in [2.45, 2.75) is 19.0 Å². The van der Waals surface area contributed by atoms with Crippen LogP contribution in [0, 0.1) is 0 Å². The van der Waals surface area contributed by atoms with E-state index in [2.05, 4.69) is 4.98 Å². The van der Waals surface area contributed by atoms with Crippen LogP contribution in [0.2, 0.25) is 0 Å². The van der Waals surface area contributed by atoms with E-state index >= 15 is 0 Å². The third-order valence-corrected chi connectivity index (χ3v) is 5.38. The first kappa shape index (κ1) is 18.1. The summed E-state index contributed by atoms with van der Waals surface area (Å²) >= 11 is 1.53. The van der Waals surface area contributed by atoms with E-state index in [4.69, 9.17) is 0 Å². The Kier molecular flexibility index (Phi) is 5.03. The van der Waals surface area contributed by atoms with Gasteiger partial charge in [-0.15, -0.1) is 11.3 Å². The zero-order chi connectivity index (χ0) is 18.8. The molecule has 1 aliphatic rings. The number of hydrogen-bond donors (Lipinski definition) is 0. The summed E-state index contributed by atoms with van der Waals surface area (Å²) in [6.07, 6.45) is -0.0302. The van der Waals surface area contributed by atoms with Gasteiger partial charge in [0.2, 0.25) is 5.91 Å². The third kappa shape index (κ3) is 3.45. The first-order valence-electron chi connectivity index (χ1n) is 8.16. The van der Waals surface area contributed by atoms with Gasteiger partial charge < -0.3 is 9.80 Å². The fourth-order valence-electron chi connectivity index (χ4n) is 2.82. The van der Waals surface area contributed by atoms with Crippen LogP contribution in [0.1, 0.15) is 12.1 Å². The highest BCUT2D eigenvalue weighted by molar-refractivity contribution is 7.13. The molecular weight excluding hydrogens is 352 g/mol. The summed E-state index contributed by atoms with van der Waals surface area (Å²) in [4.78, 5) is 44.8. The number of benzene rings is 1. The van der Waals surface area contributed by atoms with Gasteiger partial charge in [0, 0.05) is 32.1 Å². The molecule has 0 radical (unpaired) electrons. The lowest BCUT2D eigenvalue weighted by Gasteiger charge is -2.20. The number of likely N-dealkylation sites (N-methyl/N-ethyl adjacent to an activating group) is 2. The number of amides is 4. The number of rotatable bonds is 5. The lowest BCUT2D eigenvalue weighted by atomic mass is 10.1. The molecule has 0 saturated carbocycles. The fraction of sp³-hybridized carbons (Fsp3) is 0.333. The van der Waals surface area contributed by atoms with Crippen molar-refractivity contribution in [1.82, 2.24) is 19.7 Å². The van der Waals surface area contributed by atoms with E-state index in [1.54, 1.807) is 7.05 Å². The van der Waals surface area contributed by atoms with Crippen LogP contribution in [0.15, 0.2) is 35.7 Å². The van der Waals surface area contributed by atoms with Crippen LogP contribution < -0.4 is 0 Å². The summed E-state index contributed by atoms with van der Waals surface area (Å²) in [5, 5.41) is 2.83. The quantitative estimate of drug-likeness (QED) is 0.753. The van der Waals surface area contributed by atoms with Gasteiger partial charge in [0.15, 0.2) is 0 Å². The minimum absolute atomic E-state index is 0.0302. The first-order valence-corrected chi connectivity index (χ1v) is 9.04. The number of nitrogens with zero attached hydrogens (tertiary/aromatic N) is 4. The Morgan fingerprint density at radius 2 is 1.92 bits per heavy atom. The van der Waals surface area contributed by atoms with Gasteiger partial charge in [0.05, 0.1) is 18.7 Å². The number of carbonyl (C=O) groups is 3. The molecular formula is C18H20N4O3S. The summed E-state index contributed by atoms with van der Waals surface area (Å²) in [6, 6.07) is 8.73. The zero-order valence-electron chi connectivity index (χ0n) is 14.9. The van der Waals surface area contributed by atoms with Crippen LogP contribution in [-0.2, 0) is 16.1 Å². The molecule has 1 fully saturated rings. The summed E-state index contributed by atoms with van der Waals surface area (Å²) in [7, 11) is 4.64. The SMILES string of the molecule is CN(Cc1csc(-c2ccccc2)n1)C(=O)CC1C(=O)N(C)C(=O)N1C. The number of imide groups is 1. The van der Waals surface area contributed by atoms with Crippen molar-refractivity contribution in [1.29, 1.82) is 0 Å². The molecule has 2 aromatic rings. The highest BCUT2D eigenvalue weighted by Crippen LogP contribution is 2.24. The molecule has 1 unspecified atom stereocenters. The molecule has 1 saturated heterocycles. The maximum absolute atomic E-state index is 12.5. The van der Waals surface area contributed by atoms with Crippen molar-refractivity contribution in [3.8, 4) is 10.6 Å². The molecule has 8 heteroatoms. The van der Waals surface area contributed by atoms with Crippen molar-refractivity contribution in [2.24, 2.45) is 0 Å². The van der Waals surface area contributed by atoms with Crippen LogP contribution in [0.3, 0.4) is 0 Å². The van der Waals surface area contributed by atoms with Gasteiger partial charge >= 0.3 is 6.03 Å². The second kappa shape index (κ2) is 7.25. The highest BCUT2D eigenvalue weighted by Gasteiger charge is 2.42. The smallest absolute Gasteiger partial charge is 0.326 e.